The summed E-state index contributed by atoms with van der Waals surface area (Å²) in [5, 5.41) is 5.50. The first-order valence-corrected chi connectivity index (χ1v) is 2.58. The highest BCUT2D eigenvalue weighted by molar-refractivity contribution is 3.91. The summed E-state index contributed by atoms with van der Waals surface area (Å²) in [7, 11) is 9.00. The van der Waals surface area contributed by atoms with Crippen molar-refractivity contribution in [3.8, 4) is 0 Å². The monoisotopic (exact) mass is 153 g/mol. The van der Waals surface area contributed by atoms with Gasteiger partial charge in [0.25, 0.3) is 0 Å². The Labute approximate surface area is 67.4 Å². The van der Waals surface area contributed by atoms with Crippen molar-refractivity contribution in [3.63, 3.8) is 0 Å². The van der Waals surface area contributed by atoms with Crippen LogP contribution in [-0.2, 0) is 0 Å². The Bertz CT molecular complexity index is 10.8. The van der Waals surface area contributed by atoms with Gasteiger partial charge in [-0.25, -0.2) is 0 Å². The predicted octanol–water partition coefficient (Wildman–Crippen LogP) is 0.518. The van der Waals surface area contributed by atoms with Gasteiger partial charge in [-0.3, -0.25) is 0 Å². The zero-order valence-corrected chi connectivity index (χ0v) is 6.58. The van der Waals surface area contributed by atoms with Crippen LogP contribution >= 0.6 is 0 Å². The van der Waals surface area contributed by atoms with Crippen molar-refractivity contribution in [2.24, 2.45) is 5.73 Å². The average molecular weight is 153 g/mol. The Kier molecular flexibility index (Phi) is 510. The van der Waals surface area contributed by atoms with E-state index >= 15 is 0 Å². The lowest BCUT2D eigenvalue weighted by Crippen LogP contribution is -1.89. The molecule has 3 nitrogen and oxygen atoms in total. The molecule has 0 aliphatic rings. The van der Waals surface area contributed by atoms with E-state index in [0.29, 0.717) is 0 Å². The van der Waals surface area contributed by atoms with E-state index in [2.05, 4.69) is 16.4 Å². The maximum atomic E-state index is 4.50. The molecule has 4 N–H and O–H groups in total. The SMILES string of the molecule is C.C.CN.CNC.CNC. The van der Waals surface area contributed by atoms with E-state index in [1.807, 2.05) is 28.2 Å². The molecule has 0 radical (unpaired) electrons. The third-order valence-corrected chi connectivity index (χ3v) is 0. The second-order valence-electron chi connectivity index (χ2n) is 1.00. The third-order valence-electron chi connectivity index (χ3n) is 0. The highest BCUT2D eigenvalue weighted by Gasteiger charge is 1.26. The van der Waals surface area contributed by atoms with Gasteiger partial charge in [-0.1, -0.05) is 14.9 Å². The minimum Gasteiger partial charge on any atom is -0.333 e. The van der Waals surface area contributed by atoms with Crippen LogP contribution in [0.5, 0.6) is 0 Å². The van der Waals surface area contributed by atoms with Crippen LogP contribution in [0.25, 0.3) is 0 Å². The molecular formula is C7H27N3. The van der Waals surface area contributed by atoms with E-state index in [9.17, 15) is 0 Å². The van der Waals surface area contributed by atoms with Gasteiger partial charge in [-0.15, -0.1) is 0 Å². The Morgan fingerprint density at radius 3 is 0.700 bits per heavy atom. The highest BCUT2D eigenvalue weighted by atomic mass is 14.7. The molecule has 0 aromatic heterocycles. The second kappa shape index (κ2) is 156. The van der Waals surface area contributed by atoms with Crippen LogP contribution in [0.4, 0.5) is 0 Å². The first kappa shape index (κ1) is 32.7. The summed E-state index contributed by atoms with van der Waals surface area (Å²) in [5.74, 6) is 0. The maximum absolute atomic E-state index is 4.50. The van der Waals surface area contributed by atoms with Gasteiger partial charge in [0, 0.05) is 0 Å². The Balaban J connectivity index is -0.0000000116. The first-order chi connectivity index (χ1) is 3.83. The van der Waals surface area contributed by atoms with E-state index in [-0.39, 0.29) is 14.9 Å². The van der Waals surface area contributed by atoms with Crippen molar-refractivity contribution >= 4 is 0 Å². The summed E-state index contributed by atoms with van der Waals surface area (Å²) in [5.41, 5.74) is 4.50. The number of hydrogen-bond acceptors (Lipinski definition) is 3. The summed E-state index contributed by atoms with van der Waals surface area (Å²) in [4.78, 5) is 0. The standard InChI is InChI=1S/2C2H7N.CH5N.2CH4/c2*1-3-2;1-2;;/h2*3H,1-2H3;2H2,1H3;2*1H4. The third kappa shape index (κ3) is 25900. The van der Waals surface area contributed by atoms with E-state index < -0.39 is 0 Å². The van der Waals surface area contributed by atoms with Gasteiger partial charge < -0.3 is 16.4 Å². The molecule has 0 aromatic carbocycles. The summed E-state index contributed by atoms with van der Waals surface area (Å²) in [6.07, 6.45) is 0. The van der Waals surface area contributed by atoms with Crippen molar-refractivity contribution in [3.05, 3.63) is 0 Å². The lowest BCUT2D eigenvalue weighted by atomic mass is 11.3. The van der Waals surface area contributed by atoms with E-state index in [1.54, 1.807) is 0 Å². The smallest absolute Gasteiger partial charge is 0.0167 e. The van der Waals surface area contributed by atoms with Crippen molar-refractivity contribution in [2.45, 2.75) is 14.9 Å². The lowest BCUT2D eigenvalue weighted by Gasteiger charge is -1.59. The van der Waals surface area contributed by atoms with Crippen LogP contribution in [0.2, 0.25) is 0 Å². The van der Waals surface area contributed by atoms with Gasteiger partial charge in [0.2, 0.25) is 0 Å². The van der Waals surface area contributed by atoms with Crippen LogP contribution in [-0.4, -0.2) is 35.2 Å². The normalized spacial score (nSPS) is 4.20. The fourth-order valence-corrected chi connectivity index (χ4v) is 0. The molecule has 0 atom stereocenters. The van der Waals surface area contributed by atoms with Gasteiger partial charge in [-0.05, 0) is 35.2 Å². The largest absolute Gasteiger partial charge is 0.333 e. The van der Waals surface area contributed by atoms with E-state index in [4.69, 9.17) is 0 Å². The summed E-state index contributed by atoms with van der Waals surface area (Å²) < 4.78 is 0. The minimum absolute atomic E-state index is 0. The molecule has 0 amide bonds. The van der Waals surface area contributed by atoms with Crippen molar-refractivity contribution in [2.75, 3.05) is 35.2 Å². The van der Waals surface area contributed by atoms with Crippen molar-refractivity contribution in [1.82, 2.24) is 10.6 Å². The molecule has 0 heterocycles. The molecule has 0 saturated heterocycles. The molecule has 0 spiro atoms. The lowest BCUT2D eigenvalue weighted by molar-refractivity contribution is 1.02. The number of nitrogens with one attached hydrogen (secondary N) is 2. The van der Waals surface area contributed by atoms with Crippen molar-refractivity contribution < 1.29 is 0 Å². The molecule has 0 aliphatic heterocycles. The molecule has 0 aromatic rings. The second-order valence-corrected chi connectivity index (χ2v) is 1.00. The van der Waals surface area contributed by atoms with Gasteiger partial charge >= 0.3 is 0 Å². The quantitative estimate of drug-likeness (QED) is 0.475. The molecule has 0 unspecified atom stereocenters. The number of nitrogens with two attached hydrogens (primary N) is 1. The van der Waals surface area contributed by atoms with Gasteiger partial charge in [-0.2, -0.15) is 0 Å². The Hall–Kier alpha value is -0.120. The molecular weight excluding hydrogens is 126 g/mol. The van der Waals surface area contributed by atoms with E-state index in [0.717, 1.165) is 0 Å². The molecule has 10 heavy (non-hydrogen) atoms. The summed E-state index contributed by atoms with van der Waals surface area (Å²) in [6.45, 7) is 0. The Morgan fingerprint density at radius 2 is 0.700 bits per heavy atom. The van der Waals surface area contributed by atoms with Crippen LogP contribution in [0, 0.1) is 0 Å². The Morgan fingerprint density at radius 1 is 0.700 bits per heavy atom. The molecule has 70 valence electrons. The molecule has 0 saturated carbocycles. The molecule has 3 heteroatoms. The molecule has 0 rings (SSSR count). The minimum atomic E-state index is 0. The summed E-state index contributed by atoms with van der Waals surface area (Å²) in [6, 6.07) is 0. The zero-order valence-electron chi connectivity index (χ0n) is 6.58. The van der Waals surface area contributed by atoms with Crippen LogP contribution in [0.3, 0.4) is 0 Å². The molecule has 0 bridgehead atoms. The van der Waals surface area contributed by atoms with Gasteiger partial charge in [0.05, 0.1) is 0 Å². The van der Waals surface area contributed by atoms with Crippen LogP contribution < -0.4 is 16.4 Å². The molecule has 0 fully saturated rings. The topological polar surface area (TPSA) is 50.1 Å². The number of hydrogen-bond donors (Lipinski definition) is 3. The van der Waals surface area contributed by atoms with Crippen LogP contribution in [0.1, 0.15) is 14.9 Å². The van der Waals surface area contributed by atoms with Crippen molar-refractivity contribution in [1.29, 1.82) is 0 Å². The summed E-state index contributed by atoms with van der Waals surface area (Å²) >= 11 is 0. The van der Waals surface area contributed by atoms with Gasteiger partial charge in [0.15, 0.2) is 0 Å². The van der Waals surface area contributed by atoms with Crippen LogP contribution in [0.15, 0.2) is 0 Å². The zero-order chi connectivity index (χ0) is 7.41. The predicted molar refractivity (Wildman–Crippen MR) is 53.5 cm³/mol. The maximum Gasteiger partial charge on any atom is -0.0167 e. The molecule has 0 aliphatic carbocycles. The fraction of sp³-hybridized carbons (Fsp3) is 1.00. The average Bonchev–Trinajstić information content (AvgIpc) is 1.75. The highest BCUT2D eigenvalue weighted by Crippen LogP contribution is 0.984. The fourth-order valence-electron chi connectivity index (χ4n) is 0. The van der Waals surface area contributed by atoms with Gasteiger partial charge in [0.1, 0.15) is 0 Å². The first-order valence-electron chi connectivity index (χ1n) is 2.58. The van der Waals surface area contributed by atoms with E-state index in [1.165, 1.54) is 7.05 Å². The number of rotatable bonds is 0.